The molecule has 2 aromatic carbocycles. The van der Waals surface area contributed by atoms with Crippen LogP contribution in [0.25, 0.3) is 10.6 Å². The molecule has 0 radical (unpaired) electrons. The first-order valence-electron chi connectivity index (χ1n) is 7.69. The Morgan fingerprint density at radius 2 is 1.83 bits per heavy atom. The largest absolute Gasteiger partial charge is 0.352 e. The van der Waals surface area contributed by atoms with E-state index < -0.39 is 0 Å². The molecule has 1 amide bonds. The quantitative estimate of drug-likeness (QED) is 0.755. The van der Waals surface area contributed by atoms with Crippen LogP contribution in [0.4, 0.5) is 4.39 Å². The third-order valence-corrected chi connectivity index (χ3v) is 4.92. The highest BCUT2D eigenvalue weighted by molar-refractivity contribution is 7.15. The molecule has 0 bridgehead atoms. The molecule has 0 saturated carbocycles. The smallest absolute Gasteiger partial charge is 0.251 e. The van der Waals surface area contributed by atoms with Crippen molar-refractivity contribution in [3.05, 3.63) is 76.5 Å². The lowest BCUT2D eigenvalue weighted by molar-refractivity contribution is 0.0954. The van der Waals surface area contributed by atoms with Gasteiger partial charge in [-0.2, -0.15) is 0 Å². The Balaban J connectivity index is 1.62. The first kappa shape index (κ1) is 16.3. The van der Waals surface area contributed by atoms with E-state index in [9.17, 15) is 9.18 Å². The molecule has 0 spiro atoms. The van der Waals surface area contributed by atoms with Gasteiger partial charge in [0.2, 0.25) is 0 Å². The molecular weight excluding hydrogens is 323 g/mol. The van der Waals surface area contributed by atoms with E-state index in [0.29, 0.717) is 12.1 Å². The number of hydrogen-bond acceptors (Lipinski definition) is 3. The number of carbonyl (C=O) groups is 1. The third-order valence-electron chi connectivity index (χ3n) is 3.66. The highest BCUT2D eigenvalue weighted by atomic mass is 32.1. The van der Waals surface area contributed by atoms with Crippen molar-refractivity contribution in [3.63, 3.8) is 0 Å². The Morgan fingerprint density at radius 3 is 2.54 bits per heavy atom. The van der Waals surface area contributed by atoms with E-state index in [1.165, 1.54) is 12.1 Å². The molecule has 3 aromatic rings. The number of aromatic nitrogens is 1. The van der Waals surface area contributed by atoms with Gasteiger partial charge in [-0.15, -0.1) is 11.3 Å². The zero-order valence-electron chi connectivity index (χ0n) is 13.3. The van der Waals surface area contributed by atoms with Crippen LogP contribution in [0.1, 0.15) is 20.9 Å². The lowest BCUT2D eigenvalue weighted by Gasteiger charge is -2.04. The van der Waals surface area contributed by atoms with Crippen LogP contribution in [-0.2, 0) is 6.42 Å². The van der Waals surface area contributed by atoms with Gasteiger partial charge in [-0.05, 0) is 43.3 Å². The Morgan fingerprint density at radius 1 is 1.12 bits per heavy atom. The first-order chi connectivity index (χ1) is 11.6. The van der Waals surface area contributed by atoms with Crippen LogP contribution in [0.15, 0.2) is 54.6 Å². The monoisotopic (exact) mass is 340 g/mol. The molecule has 0 fully saturated rings. The van der Waals surface area contributed by atoms with Crippen LogP contribution in [0, 0.1) is 12.7 Å². The average molecular weight is 340 g/mol. The summed E-state index contributed by atoms with van der Waals surface area (Å²) in [7, 11) is 0. The lowest BCUT2D eigenvalue weighted by Crippen LogP contribution is -2.25. The topological polar surface area (TPSA) is 42.0 Å². The summed E-state index contributed by atoms with van der Waals surface area (Å²) in [6.07, 6.45) is 0.725. The van der Waals surface area contributed by atoms with Crippen molar-refractivity contribution >= 4 is 17.2 Å². The molecule has 1 heterocycles. The van der Waals surface area contributed by atoms with Gasteiger partial charge >= 0.3 is 0 Å². The van der Waals surface area contributed by atoms with E-state index in [1.807, 2.05) is 25.1 Å². The van der Waals surface area contributed by atoms with Gasteiger partial charge in [-0.25, -0.2) is 9.37 Å². The van der Waals surface area contributed by atoms with E-state index in [4.69, 9.17) is 0 Å². The van der Waals surface area contributed by atoms with Gasteiger partial charge in [0.15, 0.2) is 0 Å². The minimum absolute atomic E-state index is 0.0727. The number of nitrogens with one attached hydrogen (secondary N) is 1. The van der Waals surface area contributed by atoms with Crippen LogP contribution in [0.5, 0.6) is 0 Å². The highest BCUT2D eigenvalue weighted by Gasteiger charge is 2.10. The van der Waals surface area contributed by atoms with Crippen LogP contribution in [-0.4, -0.2) is 17.4 Å². The molecular formula is C19H17FN2OS. The van der Waals surface area contributed by atoms with Crippen molar-refractivity contribution in [2.24, 2.45) is 0 Å². The number of hydrogen-bond donors (Lipinski definition) is 1. The van der Waals surface area contributed by atoms with Crippen LogP contribution >= 0.6 is 11.3 Å². The molecule has 0 aliphatic rings. The van der Waals surface area contributed by atoms with E-state index in [0.717, 1.165) is 27.6 Å². The second-order valence-corrected chi connectivity index (χ2v) is 6.49. The second-order valence-electron chi connectivity index (χ2n) is 5.41. The summed E-state index contributed by atoms with van der Waals surface area (Å²) >= 11 is 1.58. The summed E-state index contributed by atoms with van der Waals surface area (Å²) in [5.74, 6) is -0.326. The predicted octanol–water partition coefficient (Wildman–Crippen LogP) is 4.23. The maximum absolute atomic E-state index is 13.0. The van der Waals surface area contributed by atoms with Gasteiger partial charge in [0.25, 0.3) is 5.91 Å². The SMILES string of the molecule is Cc1nc(-c2ccc(F)cc2)sc1CCNC(=O)c1ccccc1. The zero-order valence-corrected chi connectivity index (χ0v) is 14.1. The maximum Gasteiger partial charge on any atom is 0.251 e. The number of halogens is 1. The summed E-state index contributed by atoms with van der Waals surface area (Å²) < 4.78 is 13.0. The van der Waals surface area contributed by atoms with E-state index in [1.54, 1.807) is 35.6 Å². The van der Waals surface area contributed by atoms with Crippen molar-refractivity contribution < 1.29 is 9.18 Å². The number of nitrogens with zero attached hydrogens (tertiary/aromatic N) is 1. The van der Waals surface area contributed by atoms with Crippen LogP contribution in [0.2, 0.25) is 0 Å². The molecule has 0 aliphatic heterocycles. The molecule has 0 atom stereocenters. The van der Waals surface area contributed by atoms with Gasteiger partial charge in [-0.1, -0.05) is 18.2 Å². The normalized spacial score (nSPS) is 10.6. The maximum atomic E-state index is 13.0. The molecule has 24 heavy (non-hydrogen) atoms. The Hall–Kier alpha value is -2.53. The van der Waals surface area contributed by atoms with Crippen molar-refractivity contribution in [1.82, 2.24) is 10.3 Å². The second kappa shape index (κ2) is 7.36. The summed E-state index contributed by atoms with van der Waals surface area (Å²) in [5.41, 5.74) is 2.52. The van der Waals surface area contributed by atoms with E-state index in [-0.39, 0.29) is 11.7 Å². The van der Waals surface area contributed by atoms with Crippen molar-refractivity contribution in [1.29, 1.82) is 0 Å². The molecule has 5 heteroatoms. The van der Waals surface area contributed by atoms with Gasteiger partial charge in [-0.3, -0.25) is 4.79 Å². The molecule has 1 aromatic heterocycles. The predicted molar refractivity (Wildman–Crippen MR) is 94.7 cm³/mol. The molecule has 0 saturated heterocycles. The first-order valence-corrected chi connectivity index (χ1v) is 8.50. The van der Waals surface area contributed by atoms with Crippen LogP contribution in [0.3, 0.4) is 0 Å². The fourth-order valence-corrected chi connectivity index (χ4v) is 3.42. The van der Waals surface area contributed by atoms with Gasteiger partial charge in [0, 0.05) is 29.0 Å². The Bertz CT molecular complexity index is 828. The fourth-order valence-electron chi connectivity index (χ4n) is 2.36. The lowest BCUT2D eigenvalue weighted by atomic mass is 10.2. The number of thiazole rings is 1. The highest BCUT2D eigenvalue weighted by Crippen LogP contribution is 2.28. The van der Waals surface area contributed by atoms with Crippen molar-refractivity contribution in [2.45, 2.75) is 13.3 Å². The van der Waals surface area contributed by atoms with Crippen molar-refractivity contribution in [2.75, 3.05) is 6.54 Å². The summed E-state index contributed by atoms with van der Waals surface area (Å²) in [6, 6.07) is 15.5. The molecule has 0 aliphatic carbocycles. The molecule has 1 N–H and O–H groups in total. The molecule has 3 rings (SSSR count). The molecule has 0 unspecified atom stereocenters. The Kier molecular flexibility index (Phi) is 5.01. The van der Waals surface area contributed by atoms with Gasteiger partial charge in [0.05, 0.1) is 5.69 Å². The number of aryl methyl sites for hydroxylation is 1. The standard InChI is InChI=1S/C19H17FN2OS/c1-13-17(11-12-21-18(23)14-5-3-2-4-6-14)24-19(22-13)15-7-9-16(20)10-8-15/h2-10H,11-12H2,1H3,(H,21,23). The van der Waals surface area contributed by atoms with Crippen LogP contribution < -0.4 is 5.32 Å². The third kappa shape index (κ3) is 3.86. The van der Waals surface area contributed by atoms with E-state index >= 15 is 0 Å². The number of carbonyl (C=O) groups excluding carboxylic acids is 1. The number of rotatable bonds is 5. The fraction of sp³-hybridized carbons (Fsp3) is 0.158. The average Bonchev–Trinajstić information content (AvgIpc) is 2.97. The minimum atomic E-state index is -0.254. The number of amides is 1. The molecule has 122 valence electrons. The van der Waals surface area contributed by atoms with Gasteiger partial charge in [0.1, 0.15) is 10.8 Å². The number of benzene rings is 2. The Labute approximate surface area is 144 Å². The van der Waals surface area contributed by atoms with Gasteiger partial charge < -0.3 is 5.32 Å². The minimum Gasteiger partial charge on any atom is -0.352 e. The van der Waals surface area contributed by atoms with E-state index in [2.05, 4.69) is 10.3 Å². The summed E-state index contributed by atoms with van der Waals surface area (Å²) in [6.45, 7) is 2.51. The summed E-state index contributed by atoms with van der Waals surface area (Å²) in [4.78, 5) is 17.7. The molecule has 3 nitrogen and oxygen atoms in total. The zero-order chi connectivity index (χ0) is 16.9. The summed E-state index contributed by atoms with van der Waals surface area (Å²) in [5, 5.41) is 3.79. The van der Waals surface area contributed by atoms with Crippen molar-refractivity contribution in [3.8, 4) is 10.6 Å².